The van der Waals surface area contributed by atoms with E-state index in [1.165, 1.54) is 12.2 Å². The lowest BCUT2D eigenvalue weighted by Gasteiger charge is -2.22. The first-order valence-corrected chi connectivity index (χ1v) is 5.79. The molecule has 0 aromatic rings. The quantitative estimate of drug-likeness (QED) is 0.261. The van der Waals surface area contributed by atoms with Crippen LogP contribution in [0.25, 0.3) is 0 Å². The average Bonchev–Trinajstić information content (AvgIpc) is 2.45. The van der Waals surface area contributed by atoms with Crippen LogP contribution in [0.15, 0.2) is 25.3 Å². The molecule has 7 heteroatoms. The van der Waals surface area contributed by atoms with Gasteiger partial charge in [-0.25, -0.2) is 0 Å². The standard InChI is InChI=1S/C12H22O7/c1-3-11(17-7-9(15)5-13)19-12(4-2)18-8-10(16)6-14/h3-4,9-16H,1-2,5-8H2. The fourth-order valence-electron chi connectivity index (χ4n) is 0.975. The molecule has 0 aliphatic heterocycles. The van der Waals surface area contributed by atoms with Gasteiger partial charge in [-0.1, -0.05) is 13.2 Å². The molecule has 19 heavy (non-hydrogen) atoms. The predicted octanol–water partition coefficient (Wildman–Crippen LogP) is -1.23. The predicted molar refractivity (Wildman–Crippen MR) is 67.1 cm³/mol. The minimum Gasteiger partial charge on any atom is -0.394 e. The summed E-state index contributed by atoms with van der Waals surface area (Å²) in [6, 6.07) is 0. The molecule has 0 aromatic carbocycles. The van der Waals surface area contributed by atoms with Crippen LogP contribution >= 0.6 is 0 Å². The average molecular weight is 278 g/mol. The second-order valence-electron chi connectivity index (χ2n) is 3.68. The summed E-state index contributed by atoms with van der Waals surface area (Å²) in [5, 5.41) is 35.5. The van der Waals surface area contributed by atoms with Gasteiger partial charge in [0.1, 0.15) is 12.2 Å². The summed E-state index contributed by atoms with van der Waals surface area (Å²) in [5.41, 5.74) is 0. The van der Waals surface area contributed by atoms with Crippen LogP contribution in [0.3, 0.4) is 0 Å². The van der Waals surface area contributed by atoms with Crippen LogP contribution in [0, 0.1) is 0 Å². The molecule has 4 unspecified atom stereocenters. The van der Waals surface area contributed by atoms with E-state index < -0.39 is 38.0 Å². The molecule has 112 valence electrons. The number of hydrogen-bond donors (Lipinski definition) is 4. The molecule has 0 aliphatic rings. The number of hydrogen-bond acceptors (Lipinski definition) is 7. The third kappa shape index (κ3) is 8.84. The molecule has 0 bridgehead atoms. The number of aliphatic hydroxyl groups is 4. The molecule has 7 nitrogen and oxygen atoms in total. The molecule has 0 spiro atoms. The molecule has 0 fully saturated rings. The van der Waals surface area contributed by atoms with Gasteiger partial charge in [0.15, 0.2) is 12.6 Å². The van der Waals surface area contributed by atoms with Gasteiger partial charge in [0.2, 0.25) is 0 Å². The Hall–Kier alpha value is -0.800. The first-order valence-electron chi connectivity index (χ1n) is 5.79. The zero-order chi connectivity index (χ0) is 14.7. The van der Waals surface area contributed by atoms with Crippen LogP contribution in [-0.4, -0.2) is 71.6 Å². The zero-order valence-corrected chi connectivity index (χ0v) is 10.7. The molecule has 0 rings (SSSR count). The van der Waals surface area contributed by atoms with Crippen molar-refractivity contribution in [3.63, 3.8) is 0 Å². The fraction of sp³-hybridized carbons (Fsp3) is 0.667. The van der Waals surface area contributed by atoms with Gasteiger partial charge in [0.25, 0.3) is 0 Å². The van der Waals surface area contributed by atoms with Crippen molar-refractivity contribution in [3.8, 4) is 0 Å². The molecule has 0 saturated carbocycles. The van der Waals surface area contributed by atoms with Crippen molar-refractivity contribution in [1.82, 2.24) is 0 Å². The zero-order valence-electron chi connectivity index (χ0n) is 10.7. The molecular weight excluding hydrogens is 256 g/mol. The molecule has 0 heterocycles. The Morgan fingerprint density at radius 2 is 1.21 bits per heavy atom. The number of aliphatic hydroxyl groups excluding tert-OH is 4. The lowest BCUT2D eigenvalue weighted by atomic mass is 10.4. The lowest BCUT2D eigenvalue weighted by Crippen LogP contribution is -2.30. The van der Waals surface area contributed by atoms with Crippen molar-refractivity contribution in [2.24, 2.45) is 0 Å². The first-order chi connectivity index (χ1) is 9.07. The van der Waals surface area contributed by atoms with Gasteiger partial charge in [-0.05, 0) is 12.2 Å². The van der Waals surface area contributed by atoms with E-state index in [2.05, 4.69) is 13.2 Å². The van der Waals surface area contributed by atoms with Gasteiger partial charge in [-0.2, -0.15) is 0 Å². The third-order valence-electron chi connectivity index (χ3n) is 1.98. The molecular formula is C12H22O7. The minimum absolute atomic E-state index is 0.129. The topological polar surface area (TPSA) is 109 Å². The summed E-state index contributed by atoms with van der Waals surface area (Å²) in [5.74, 6) is 0. The second kappa shape index (κ2) is 11.1. The summed E-state index contributed by atoms with van der Waals surface area (Å²) in [7, 11) is 0. The smallest absolute Gasteiger partial charge is 0.180 e. The normalized spacial score (nSPS) is 17.5. The van der Waals surface area contributed by atoms with Crippen LogP contribution in [0.5, 0.6) is 0 Å². The van der Waals surface area contributed by atoms with Gasteiger partial charge in [-0.15, -0.1) is 0 Å². The molecule has 0 radical (unpaired) electrons. The minimum atomic E-state index is -1.01. The Morgan fingerprint density at radius 3 is 1.47 bits per heavy atom. The lowest BCUT2D eigenvalue weighted by molar-refractivity contribution is -0.221. The SMILES string of the molecule is C=CC(OCC(O)CO)OC(C=C)OCC(O)CO. The maximum Gasteiger partial charge on any atom is 0.180 e. The fourth-order valence-corrected chi connectivity index (χ4v) is 0.975. The highest BCUT2D eigenvalue weighted by molar-refractivity contribution is 4.78. The van der Waals surface area contributed by atoms with Gasteiger partial charge in [-0.3, -0.25) is 0 Å². The van der Waals surface area contributed by atoms with Crippen LogP contribution in [0.2, 0.25) is 0 Å². The second-order valence-corrected chi connectivity index (χ2v) is 3.68. The first kappa shape index (κ1) is 18.2. The van der Waals surface area contributed by atoms with Crippen LogP contribution in [-0.2, 0) is 14.2 Å². The van der Waals surface area contributed by atoms with Crippen LogP contribution in [0.1, 0.15) is 0 Å². The molecule has 0 aromatic heterocycles. The van der Waals surface area contributed by atoms with E-state index in [-0.39, 0.29) is 13.2 Å². The van der Waals surface area contributed by atoms with Crippen molar-refractivity contribution < 1.29 is 34.6 Å². The van der Waals surface area contributed by atoms with Crippen LogP contribution < -0.4 is 0 Å². The van der Waals surface area contributed by atoms with Gasteiger partial charge in [0.05, 0.1) is 26.4 Å². The van der Waals surface area contributed by atoms with Gasteiger partial charge in [0, 0.05) is 0 Å². The van der Waals surface area contributed by atoms with Crippen molar-refractivity contribution >= 4 is 0 Å². The van der Waals surface area contributed by atoms with E-state index >= 15 is 0 Å². The van der Waals surface area contributed by atoms with E-state index in [0.717, 1.165) is 0 Å². The Labute approximate surface area is 112 Å². The molecule has 0 aliphatic carbocycles. The van der Waals surface area contributed by atoms with E-state index in [0.29, 0.717) is 0 Å². The summed E-state index contributed by atoms with van der Waals surface area (Å²) in [4.78, 5) is 0. The molecule has 4 atom stereocenters. The summed E-state index contributed by atoms with van der Waals surface area (Å²) in [6.45, 7) is 5.88. The largest absolute Gasteiger partial charge is 0.394 e. The Balaban J connectivity index is 4.09. The maximum absolute atomic E-state index is 9.12. The Morgan fingerprint density at radius 1 is 0.842 bits per heavy atom. The summed E-state index contributed by atoms with van der Waals surface area (Å²) < 4.78 is 15.5. The Kier molecular flexibility index (Phi) is 10.6. The highest BCUT2D eigenvalue weighted by Crippen LogP contribution is 2.06. The number of ether oxygens (including phenoxy) is 3. The number of rotatable bonds is 12. The molecule has 4 N–H and O–H groups in total. The molecule has 0 amide bonds. The van der Waals surface area contributed by atoms with Gasteiger partial charge >= 0.3 is 0 Å². The summed E-state index contributed by atoms with van der Waals surface area (Å²) in [6.07, 6.45) is -1.07. The molecule has 0 saturated heterocycles. The highest BCUT2D eigenvalue weighted by atomic mass is 16.8. The monoisotopic (exact) mass is 278 g/mol. The Bertz CT molecular complexity index is 222. The van der Waals surface area contributed by atoms with E-state index in [1.807, 2.05) is 0 Å². The van der Waals surface area contributed by atoms with Crippen molar-refractivity contribution in [3.05, 3.63) is 25.3 Å². The summed E-state index contributed by atoms with van der Waals surface area (Å²) >= 11 is 0. The van der Waals surface area contributed by atoms with Crippen molar-refractivity contribution in [1.29, 1.82) is 0 Å². The van der Waals surface area contributed by atoms with E-state index in [1.54, 1.807) is 0 Å². The highest BCUT2D eigenvalue weighted by Gasteiger charge is 2.15. The van der Waals surface area contributed by atoms with E-state index in [4.69, 9.17) is 34.6 Å². The maximum atomic E-state index is 9.12. The van der Waals surface area contributed by atoms with E-state index in [9.17, 15) is 0 Å². The van der Waals surface area contributed by atoms with Crippen molar-refractivity contribution in [2.75, 3.05) is 26.4 Å². The van der Waals surface area contributed by atoms with Crippen molar-refractivity contribution in [2.45, 2.75) is 24.8 Å². The van der Waals surface area contributed by atoms with Crippen LogP contribution in [0.4, 0.5) is 0 Å². The van der Waals surface area contributed by atoms with Gasteiger partial charge < -0.3 is 34.6 Å². The third-order valence-corrected chi connectivity index (χ3v) is 1.98.